The maximum atomic E-state index is 13.4. The predicted molar refractivity (Wildman–Crippen MR) is 126 cm³/mol. The first-order valence-electron chi connectivity index (χ1n) is 10.6. The zero-order valence-corrected chi connectivity index (χ0v) is 18.3. The van der Waals surface area contributed by atoms with Crippen LogP contribution in [-0.2, 0) is 6.54 Å². The van der Waals surface area contributed by atoms with Gasteiger partial charge in [-0.25, -0.2) is 14.1 Å². The van der Waals surface area contributed by atoms with Gasteiger partial charge in [-0.1, -0.05) is 18.2 Å². The molecule has 0 aliphatic rings. The lowest BCUT2D eigenvalue weighted by Gasteiger charge is -2.07. The molecule has 1 N–H and O–H groups in total. The summed E-state index contributed by atoms with van der Waals surface area (Å²) in [5.41, 5.74) is 4.78. The number of fused-ring (bicyclic) bond motifs is 1. The zero-order chi connectivity index (χ0) is 22.9. The van der Waals surface area contributed by atoms with Gasteiger partial charge < -0.3 is 9.88 Å². The summed E-state index contributed by atoms with van der Waals surface area (Å²) in [7, 11) is 0. The summed E-state index contributed by atoms with van der Waals surface area (Å²) in [6, 6.07) is 19.1. The first-order valence-corrected chi connectivity index (χ1v) is 10.6. The van der Waals surface area contributed by atoms with Crippen LogP contribution < -0.4 is 5.32 Å². The molecule has 0 fully saturated rings. The molecule has 5 rings (SSSR count). The normalized spacial score (nSPS) is 11.1. The van der Waals surface area contributed by atoms with Gasteiger partial charge in [0.25, 0.3) is 5.91 Å². The van der Waals surface area contributed by atoms with Gasteiger partial charge in [0, 0.05) is 29.3 Å². The average Bonchev–Trinajstić information content (AvgIpc) is 3.43. The second-order valence-electron chi connectivity index (χ2n) is 8.01. The fourth-order valence-electron chi connectivity index (χ4n) is 3.96. The third kappa shape index (κ3) is 4.13. The van der Waals surface area contributed by atoms with E-state index < -0.39 is 5.82 Å². The number of nitrogens with one attached hydrogen (secondary N) is 1. The molecule has 0 radical (unpaired) electrons. The average molecular weight is 439 g/mol. The quantitative estimate of drug-likeness (QED) is 0.405. The molecule has 0 bridgehead atoms. The molecule has 0 saturated heterocycles. The van der Waals surface area contributed by atoms with Crippen LogP contribution in [-0.4, -0.2) is 25.2 Å². The van der Waals surface area contributed by atoms with Crippen molar-refractivity contribution in [3.8, 4) is 5.82 Å². The van der Waals surface area contributed by atoms with Gasteiger partial charge in [-0.2, -0.15) is 5.10 Å². The van der Waals surface area contributed by atoms with E-state index in [1.54, 1.807) is 24.3 Å². The summed E-state index contributed by atoms with van der Waals surface area (Å²) in [5, 5.41) is 8.58. The number of rotatable bonds is 5. The Morgan fingerprint density at radius 1 is 1.00 bits per heavy atom. The van der Waals surface area contributed by atoms with Gasteiger partial charge in [0.15, 0.2) is 11.5 Å². The second-order valence-corrected chi connectivity index (χ2v) is 8.01. The Morgan fingerprint density at radius 3 is 2.48 bits per heavy atom. The molecule has 0 saturated carbocycles. The number of benzene rings is 2. The van der Waals surface area contributed by atoms with Crippen molar-refractivity contribution < 1.29 is 9.18 Å². The van der Waals surface area contributed by atoms with Gasteiger partial charge in [-0.15, -0.1) is 0 Å². The molecule has 33 heavy (non-hydrogen) atoms. The van der Waals surface area contributed by atoms with E-state index in [9.17, 15) is 9.18 Å². The lowest BCUT2D eigenvalue weighted by molar-refractivity contribution is 0.102. The van der Waals surface area contributed by atoms with Crippen molar-refractivity contribution in [1.82, 2.24) is 19.3 Å². The van der Waals surface area contributed by atoms with Gasteiger partial charge in [-0.05, 0) is 73.5 Å². The van der Waals surface area contributed by atoms with Crippen molar-refractivity contribution in [3.05, 3.63) is 107 Å². The summed E-state index contributed by atoms with van der Waals surface area (Å²) in [6.07, 6.45) is 3.94. The maximum Gasteiger partial charge on any atom is 0.255 e. The van der Waals surface area contributed by atoms with Crippen LogP contribution in [0.25, 0.3) is 16.9 Å². The molecule has 3 heterocycles. The van der Waals surface area contributed by atoms with Gasteiger partial charge in [0.05, 0.1) is 11.9 Å². The predicted octanol–water partition coefficient (Wildman–Crippen LogP) is 5.28. The monoisotopic (exact) mass is 439 g/mol. The Kier molecular flexibility index (Phi) is 5.22. The van der Waals surface area contributed by atoms with Crippen LogP contribution in [0.2, 0.25) is 0 Å². The molecule has 0 unspecified atom stereocenters. The number of carbonyl (C=O) groups excluding carboxylic acids is 1. The number of carbonyl (C=O) groups is 1. The van der Waals surface area contributed by atoms with Gasteiger partial charge in [0.2, 0.25) is 0 Å². The summed E-state index contributed by atoms with van der Waals surface area (Å²) in [6.45, 7) is 4.56. The SMILES string of the molecule is Cc1cc(C)c2c(-n3cccc3)nn(Cc3ccc(C(=O)Nc4cccc(F)c4)cc3)c2n1. The molecule has 0 aliphatic carbocycles. The minimum Gasteiger partial charge on any atom is -0.322 e. The Bertz CT molecular complexity index is 1450. The molecular weight excluding hydrogens is 417 g/mol. The Morgan fingerprint density at radius 2 is 1.76 bits per heavy atom. The van der Waals surface area contributed by atoms with Crippen molar-refractivity contribution in [2.24, 2.45) is 0 Å². The first-order chi connectivity index (χ1) is 16.0. The fraction of sp³-hybridized carbons (Fsp3) is 0.115. The van der Waals surface area contributed by atoms with E-state index in [-0.39, 0.29) is 5.91 Å². The third-order valence-corrected chi connectivity index (χ3v) is 5.49. The summed E-state index contributed by atoms with van der Waals surface area (Å²) >= 11 is 0. The fourth-order valence-corrected chi connectivity index (χ4v) is 3.96. The number of hydrogen-bond acceptors (Lipinski definition) is 3. The van der Waals surface area contributed by atoms with Crippen LogP contribution in [0.5, 0.6) is 0 Å². The number of nitrogens with zero attached hydrogens (tertiary/aromatic N) is 4. The van der Waals surface area contributed by atoms with E-state index in [1.807, 2.05) is 52.8 Å². The number of anilines is 1. The molecule has 0 aliphatic heterocycles. The van der Waals surface area contributed by atoms with E-state index in [1.165, 1.54) is 12.1 Å². The molecule has 6 nitrogen and oxygen atoms in total. The van der Waals surface area contributed by atoms with Crippen molar-refractivity contribution in [1.29, 1.82) is 0 Å². The lowest BCUT2D eigenvalue weighted by Crippen LogP contribution is -2.12. The molecule has 3 aromatic heterocycles. The van der Waals surface area contributed by atoms with Crippen LogP contribution in [0.1, 0.15) is 27.2 Å². The largest absolute Gasteiger partial charge is 0.322 e. The topological polar surface area (TPSA) is 64.7 Å². The highest BCUT2D eigenvalue weighted by atomic mass is 19.1. The number of pyridine rings is 1. The van der Waals surface area contributed by atoms with Crippen LogP contribution in [0.3, 0.4) is 0 Å². The van der Waals surface area contributed by atoms with Crippen LogP contribution in [0.15, 0.2) is 79.1 Å². The molecule has 164 valence electrons. The third-order valence-electron chi connectivity index (χ3n) is 5.49. The van der Waals surface area contributed by atoms with Crippen molar-refractivity contribution in [3.63, 3.8) is 0 Å². The highest BCUT2D eigenvalue weighted by molar-refractivity contribution is 6.04. The van der Waals surface area contributed by atoms with Crippen LogP contribution in [0, 0.1) is 19.7 Å². The molecule has 1 amide bonds. The zero-order valence-electron chi connectivity index (χ0n) is 18.3. The van der Waals surface area contributed by atoms with Crippen molar-refractivity contribution in [2.45, 2.75) is 20.4 Å². The number of hydrogen-bond donors (Lipinski definition) is 1. The lowest BCUT2D eigenvalue weighted by atomic mass is 10.1. The molecule has 2 aromatic carbocycles. The van der Waals surface area contributed by atoms with Crippen molar-refractivity contribution in [2.75, 3.05) is 5.32 Å². The first kappa shape index (κ1) is 20.6. The van der Waals surface area contributed by atoms with E-state index in [0.717, 1.165) is 33.7 Å². The van der Waals surface area contributed by atoms with E-state index in [2.05, 4.69) is 18.3 Å². The summed E-state index contributed by atoms with van der Waals surface area (Å²) in [4.78, 5) is 17.3. The molecule has 5 aromatic rings. The van der Waals surface area contributed by atoms with Crippen LogP contribution >= 0.6 is 0 Å². The maximum absolute atomic E-state index is 13.4. The Hall–Kier alpha value is -4.26. The van der Waals surface area contributed by atoms with Crippen LogP contribution in [0.4, 0.5) is 10.1 Å². The van der Waals surface area contributed by atoms with Gasteiger partial charge in [-0.3, -0.25) is 4.79 Å². The Balaban J connectivity index is 1.43. The van der Waals surface area contributed by atoms with E-state index in [0.29, 0.717) is 17.8 Å². The number of aromatic nitrogens is 4. The highest BCUT2D eigenvalue weighted by Crippen LogP contribution is 2.26. The van der Waals surface area contributed by atoms with E-state index in [4.69, 9.17) is 10.1 Å². The highest BCUT2D eigenvalue weighted by Gasteiger charge is 2.16. The number of amides is 1. The smallest absolute Gasteiger partial charge is 0.255 e. The van der Waals surface area contributed by atoms with Gasteiger partial charge >= 0.3 is 0 Å². The molecule has 7 heteroatoms. The molecular formula is C26H22FN5O. The minimum atomic E-state index is -0.395. The van der Waals surface area contributed by atoms with Gasteiger partial charge in [0.1, 0.15) is 5.82 Å². The number of halogens is 1. The Labute approximate surface area is 190 Å². The standard InChI is InChI=1S/C26H22FN5O/c1-17-14-18(2)28-24-23(17)25(31-12-3-4-13-31)30-32(24)16-19-8-10-20(11-9-19)26(33)29-22-7-5-6-21(27)15-22/h3-15H,16H2,1-2H3,(H,29,33). The van der Waals surface area contributed by atoms with Crippen molar-refractivity contribution >= 4 is 22.6 Å². The second kappa shape index (κ2) is 8.35. The molecule has 0 atom stereocenters. The molecule has 0 spiro atoms. The summed E-state index contributed by atoms with van der Waals surface area (Å²) < 4.78 is 17.3. The summed E-state index contributed by atoms with van der Waals surface area (Å²) in [5.74, 6) is 0.151. The number of aryl methyl sites for hydroxylation is 2. The van der Waals surface area contributed by atoms with E-state index >= 15 is 0 Å². The minimum absolute atomic E-state index is 0.292.